The molecule has 350 valence electrons. The van der Waals surface area contributed by atoms with Crippen LogP contribution in [-0.4, -0.2) is 37.2 Å². The van der Waals surface area contributed by atoms with Crippen molar-refractivity contribution in [3.05, 3.63) is 109 Å². The molecule has 1 atom stereocenters. The van der Waals surface area contributed by atoms with Gasteiger partial charge >= 0.3 is 17.9 Å². The first-order valence-electron chi connectivity index (χ1n) is 24.9. The molecule has 0 saturated heterocycles. The predicted octanol–water partition coefficient (Wildman–Crippen LogP) is 16.4. The summed E-state index contributed by atoms with van der Waals surface area (Å²) < 4.78 is 16.7. The normalized spacial score (nSPS) is 13.0. The summed E-state index contributed by atoms with van der Waals surface area (Å²) in [5, 5.41) is 0. The van der Waals surface area contributed by atoms with Crippen molar-refractivity contribution in [2.45, 2.75) is 213 Å². The monoisotopic (exact) mass is 859 g/mol. The Morgan fingerprint density at radius 1 is 0.339 bits per heavy atom. The van der Waals surface area contributed by atoms with Gasteiger partial charge < -0.3 is 14.2 Å². The average molecular weight is 859 g/mol. The summed E-state index contributed by atoms with van der Waals surface area (Å²) in [6.45, 7) is 6.36. The van der Waals surface area contributed by atoms with E-state index in [2.05, 4.69) is 130 Å². The van der Waals surface area contributed by atoms with Gasteiger partial charge in [0.1, 0.15) is 13.2 Å². The van der Waals surface area contributed by atoms with Crippen molar-refractivity contribution < 1.29 is 28.6 Å². The van der Waals surface area contributed by atoms with Gasteiger partial charge in [-0.1, -0.05) is 175 Å². The zero-order valence-corrected chi connectivity index (χ0v) is 39.8. The molecule has 0 radical (unpaired) electrons. The fourth-order valence-corrected chi connectivity index (χ4v) is 6.24. The van der Waals surface area contributed by atoms with E-state index in [4.69, 9.17) is 14.2 Å². The van der Waals surface area contributed by atoms with Gasteiger partial charge in [0.15, 0.2) is 6.10 Å². The minimum Gasteiger partial charge on any atom is -0.462 e. The minimum atomic E-state index is -0.826. The van der Waals surface area contributed by atoms with Crippen LogP contribution in [0.4, 0.5) is 0 Å². The number of rotatable bonds is 43. The van der Waals surface area contributed by atoms with Crippen LogP contribution in [0, 0.1) is 0 Å². The van der Waals surface area contributed by atoms with Gasteiger partial charge in [-0.05, 0) is 122 Å². The molecule has 0 saturated carbocycles. The van der Waals surface area contributed by atoms with E-state index in [9.17, 15) is 14.4 Å². The van der Waals surface area contributed by atoms with Gasteiger partial charge in [-0.25, -0.2) is 0 Å². The van der Waals surface area contributed by atoms with Crippen LogP contribution in [0.25, 0.3) is 0 Å². The van der Waals surface area contributed by atoms with Crippen molar-refractivity contribution in [1.82, 2.24) is 0 Å². The summed E-state index contributed by atoms with van der Waals surface area (Å²) in [5.41, 5.74) is 0. The molecular formula is C56H90O6. The highest BCUT2D eigenvalue weighted by Gasteiger charge is 2.19. The highest BCUT2D eigenvalue weighted by molar-refractivity contribution is 5.71. The van der Waals surface area contributed by atoms with Crippen LogP contribution in [0.2, 0.25) is 0 Å². The van der Waals surface area contributed by atoms with Crippen molar-refractivity contribution in [3.8, 4) is 0 Å². The third-order valence-electron chi connectivity index (χ3n) is 9.98. The molecule has 0 aliphatic rings. The fraction of sp³-hybridized carbons (Fsp3) is 0.625. The van der Waals surface area contributed by atoms with E-state index in [1.54, 1.807) is 0 Å². The van der Waals surface area contributed by atoms with Crippen LogP contribution in [0.1, 0.15) is 207 Å². The van der Waals surface area contributed by atoms with Crippen LogP contribution in [-0.2, 0) is 28.6 Å². The van der Waals surface area contributed by atoms with E-state index in [-0.39, 0.29) is 44.0 Å². The van der Waals surface area contributed by atoms with Crippen LogP contribution in [0.3, 0.4) is 0 Å². The van der Waals surface area contributed by atoms with Crippen molar-refractivity contribution >= 4 is 17.9 Å². The van der Waals surface area contributed by atoms with Gasteiger partial charge in [0.05, 0.1) is 0 Å². The van der Waals surface area contributed by atoms with Crippen LogP contribution < -0.4 is 0 Å². The number of hydrogen-bond acceptors (Lipinski definition) is 6. The molecule has 0 aromatic heterocycles. The predicted molar refractivity (Wildman–Crippen MR) is 265 cm³/mol. The van der Waals surface area contributed by atoms with E-state index in [1.165, 1.54) is 57.8 Å². The molecule has 0 heterocycles. The molecule has 0 bridgehead atoms. The molecular weight excluding hydrogens is 769 g/mol. The molecule has 0 rings (SSSR count). The van der Waals surface area contributed by atoms with E-state index in [1.807, 2.05) is 0 Å². The highest BCUT2D eigenvalue weighted by Crippen LogP contribution is 2.11. The molecule has 0 fully saturated rings. The van der Waals surface area contributed by atoms with Gasteiger partial charge in [0.2, 0.25) is 0 Å². The summed E-state index contributed by atoms with van der Waals surface area (Å²) in [6, 6.07) is 0. The summed E-state index contributed by atoms with van der Waals surface area (Å²) in [5.74, 6) is -1.04. The molecule has 0 aliphatic carbocycles. The lowest BCUT2D eigenvalue weighted by Crippen LogP contribution is -2.30. The van der Waals surface area contributed by atoms with Gasteiger partial charge in [-0.15, -0.1) is 0 Å². The molecule has 0 aliphatic heterocycles. The lowest BCUT2D eigenvalue weighted by Gasteiger charge is -2.18. The van der Waals surface area contributed by atoms with E-state index in [0.717, 1.165) is 96.3 Å². The second-order valence-corrected chi connectivity index (χ2v) is 16.0. The third kappa shape index (κ3) is 47.1. The molecule has 0 N–H and O–H groups in total. The Morgan fingerprint density at radius 2 is 0.645 bits per heavy atom. The van der Waals surface area contributed by atoms with Crippen molar-refractivity contribution in [3.63, 3.8) is 0 Å². The number of carbonyl (C=O) groups excluding carboxylic acids is 3. The minimum absolute atomic E-state index is 0.118. The Bertz CT molecular complexity index is 1310. The van der Waals surface area contributed by atoms with Crippen molar-refractivity contribution in [2.24, 2.45) is 0 Å². The Labute approximate surface area is 380 Å². The fourth-order valence-electron chi connectivity index (χ4n) is 6.24. The van der Waals surface area contributed by atoms with E-state index >= 15 is 0 Å². The summed E-state index contributed by atoms with van der Waals surface area (Å²) in [6.07, 6.45) is 66.5. The molecule has 0 aromatic rings. The molecule has 0 amide bonds. The summed E-state index contributed by atoms with van der Waals surface area (Å²) >= 11 is 0. The largest absolute Gasteiger partial charge is 0.462 e. The standard InChI is InChI=1S/C56H90O6/c1-4-7-10-13-16-19-22-25-27-28-30-31-34-37-40-43-46-49-55(58)61-52-53(51-60-54(57)48-45-42-39-36-33-24-21-18-15-12-9-6-3)62-56(59)50-47-44-41-38-35-32-29-26-23-20-17-14-11-8-5-2/h8,11,16-21,25-27,29-31,35,37-38,40,53H,4-7,9-10,12-15,22-24,28,32-34,36,39,41-52H2,1-3H3/b11-8-,19-16-,20-17-,21-18-,27-25-,29-26-,31-30-,38-35-,40-37-/t53-/m1/s1. The highest BCUT2D eigenvalue weighted by atomic mass is 16.6. The smallest absolute Gasteiger partial charge is 0.306 e. The van der Waals surface area contributed by atoms with Gasteiger partial charge in [0.25, 0.3) is 0 Å². The Hall–Kier alpha value is -3.93. The van der Waals surface area contributed by atoms with Crippen LogP contribution >= 0.6 is 0 Å². The van der Waals surface area contributed by atoms with Gasteiger partial charge in [-0.3, -0.25) is 14.4 Å². The lowest BCUT2D eigenvalue weighted by atomic mass is 10.1. The maximum Gasteiger partial charge on any atom is 0.306 e. The van der Waals surface area contributed by atoms with Gasteiger partial charge in [0, 0.05) is 19.3 Å². The molecule has 0 unspecified atom stereocenters. The summed E-state index contributed by atoms with van der Waals surface area (Å²) in [4.78, 5) is 37.9. The van der Waals surface area contributed by atoms with Crippen molar-refractivity contribution in [1.29, 1.82) is 0 Å². The average Bonchev–Trinajstić information content (AvgIpc) is 3.27. The first kappa shape index (κ1) is 58.1. The number of unbranched alkanes of at least 4 members (excludes halogenated alkanes) is 14. The number of ether oxygens (including phenoxy) is 3. The van der Waals surface area contributed by atoms with E-state index < -0.39 is 6.10 Å². The maximum atomic E-state index is 12.8. The molecule has 6 nitrogen and oxygen atoms in total. The van der Waals surface area contributed by atoms with Crippen LogP contribution in [0.15, 0.2) is 109 Å². The molecule has 0 spiro atoms. The first-order chi connectivity index (χ1) is 30.5. The van der Waals surface area contributed by atoms with Gasteiger partial charge in [-0.2, -0.15) is 0 Å². The zero-order valence-electron chi connectivity index (χ0n) is 39.8. The lowest BCUT2D eigenvalue weighted by molar-refractivity contribution is -0.167. The number of hydrogen-bond donors (Lipinski definition) is 0. The topological polar surface area (TPSA) is 78.9 Å². The molecule has 6 heteroatoms. The second kappa shape index (κ2) is 49.7. The first-order valence-corrected chi connectivity index (χ1v) is 24.9. The molecule has 62 heavy (non-hydrogen) atoms. The Morgan fingerprint density at radius 3 is 1.10 bits per heavy atom. The quantitative estimate of drug-likeness (QED) is 0.0263. The maximum absolute atomic E-state index is 12.8. The zero-order chi connectivity index (χ0) is 45.1. The number of esters is 3. The second-order valence-electron chi connectivity index (χ2n) is 16.0. The molecule has 0 aromatic carbocycles. The Kier molecular flexibility index (Phi) is 46.6. The van der Waals surface area contributed by atoms with Crippen LogP contribution in [0.5, 0.6) is 0 Å². The third-order valence-corrected chi connectivity index (χ3v) is 9.98. The van der Waals surface area contributed by atoms with E-state index in [0.29, 0.717) is 19.3 Å². The van der Waals surface area contributed by atoms with Crippen molar-refractivity contribution in [2.75, 3.05) is 13.2 Å². The number of allylic oxidation sites excluding steroid dienone is 18. The summed E-state index contributed by atoms with van der Waals surface area (Å²) in [7, 11) is 0. The Balaban J connectivity index is 4.57. The number of carbonyl (C=O) groups is 3. The SMILES string of the molecule is CC/C=C\C/C=C\C/C=C\C/C=C\CCCCC(=O)O[C@@H](COC(=O)CCC/C=C\C/C=C\C/C=C\C/C=C\CCCCC)COC(=O)CCCCCCC/C=C\CCCCC.